The zero-order valence-corrected chi connectivity index (χ0v) is 14.8. The molecule has 0 fully saturated rings. The Kier molecular flexibility index (Phi) is 4.71. The molecule has 0 saturated carbocycles. The molecule has 0 aliphatic rings. The van der Waals surface area contributed by atoms with Gasteiger partial charge in [0.25, 0.3) is 0 Å². The smallest absolute Gasteiger partial charge is 0.249 e. The average molecular weight is 379 g/mol. The SMILES string of the molecule is CCc1cc(Nc2nnc(-c3ccncc3F)c(-c3ccccc3F)n2)n[nH]1. The molecule has 0 saturated heterocycles. The van der Waals surface area contributed by atoms with Gasteiger partial charge >= 0.3 is 0 Å². The lowest BCUT2D eigenvalue weighted by Gasteiger charge is -2.10. The topological polar surface area (TPSA) is 92.3 Å². The summed E-state index contributed by atoms with van der Waals surface area (Å²) >= 11 is 0. The molecule has 3 heterocycles. The van der Waals surface area contributed by atoms with E-state index in [1.807, 2.05) is 13.0 Å². The van der Waals surface area contributed by atoms with E-state index < -0.39 is 11.6 Å². The highest BCUT2D eigenvalue weighted by atomic mass is 19.1. The van der Waals surface area contributed by atoms with Crippen LogP contribution in [0.3, 0.4) is 0 Å². The molecule has 0 amide bonds. The van der Waals surface area contributed by atoms with E-state index in [4.69, 9.17) is 0 Å². The molecule has 140 valence electrons. The molecule has 9 heteroatoms. The van der Waals surface area contributed by atoms with Crippen molar-refractivity contribution in [2.75, 3.05) is 5.32 Å². The molecule has 0 aliphatic carbocycles. The molecule has 28 heavy (non-hydrogen) atoms. The Balaban J connectivity index is 1.83. The quantitative estimate of drug-likeness (QED) is 0.546. The molecule has 0 atom stereocenters. The van der Waals surface area contributed by atoms with Gasteiger partial charge in [-0.2, -0.15) is 5.10 Å². The largest absolute Gasteiger partial charge is 0.306 e. The lowest BCUT2D eigenvalue weighted by Crippen LogP contribution is -2.05. The summed E-state index contributed by atoms with van der Waals surface area (Å²) in [7, 11) is 0. The fourth-order valence-corrected chi connectivity index (χ4v) is 2.69. The summed E-state index contributed by atoms with van der Waals surface area (Å²) in [4.78, 5) is 8.12. The summed E-state index contributed by atoms with van der Waals surface area (Å²) in [5.74, 6) is -0.485. The van der Waals surface area contributed by atoms with Gasteiger partial charge in [0.05, 0.1) is 6.20 Å². The number of H-pyrrole nitrogens is 1. The zero-order chi connectivity index (χ0) is 19.5. The third-order valence-corrected chi connectivity index (χ3v) is 4.09. The molecule has 3 aromatic heterocycles. The monoisotopic (exact) mass is 379 g/mol. The maximum atomic E-state index is 14.4. The predicted molar refractivity (Wildman–Crippen MR) is 99.7 cm³/mol. The van der Waals surface area contributed by atoms with Crippen molar-refractivity contribution in [1.29, 1.82) is 0 Å². The van der Waals surface area contributed by atoms with Gasteiger partial charge in [-0.15, -0.1) is 10.2 Å². The van der Waals surface area contributed by atoms with Gasteiger partial charge in [-0.25, -0.2) is 13.8 Å². The maximum Gasteiger partial charge on any atom is 0.249 e. The van der Waals surface area contributed by atoms with Crippen LogP contribution in [0.1, 0.15) is 12.6 Å². The first-order valence-electron chi connectivity index (χ1n) is 8.56. The van der Waals surface area contributed by atoms with Crippen LogP contribution < -0.4 is 5.32 Å². The second-order valence-corrected chi connectivity index (χ2v) is 5.92. The number of aromatic nitrogens is 6. The number of hydrogen-bond acceptors (Lipinski definition) is 6. The van der Waals surface area contributed by atoms with E-state index in [9.17, 15) is 8.78 Å². The molecule has 2 N–H and O–H groups in total. The number of halogens is 2. The van der Waals surface area contributed by atoms with Gasteiger partial charge in [0.2, 0.25) is 5.95 Å². The number of nitrogens with zero attached hydrogens (tertiary/aromatic N) is 5. The minimum atomic E-state index is -0.600. The van der Waals surface area contributed by atoms with Crippen molar-refractivity contribution in [3.8, 4) is 22.5 Å². The normalized spacial score (nSPS) is 10.8. The van der Waals surface area contributed by atoms with Crippen LogP contribution in [0, 0.1) is 11.6 Å². The summed E-state index contributed by atoms with van der Waals surface area (Å²) in [6, 6.07) is 9.34. The number of anilines is 2. The van der Waals surface area contributed by atoms with Gasteiger partial charge in [0, 0.05) is 29.1 Å². The highest BCUT2D eigenvalue weighted by molar-refractivity contribution is 5.78. The number of hydrogen-bond donors (Lipinski definition) is 2. The van der Waals surface area contributed by atoms with Crippen molar-refractivity contribution >= 4 is 11.8 Å². The molecule has 4 aromatic rings. The van der Waals surface area contributed by atoms with Crippen molar-refractivity contribution in [2.45, 2.75) is 13.3 Å². The Morgan fingerprint density at radius 3 is 2.57 bits per heavy atom. The number of rotatable bonds is 5. The van der Waals surface area contributed by atoms with Crippen molar-refractivity contribution in [3.05, 3.63) is 66.1 Å². The average Bonchev–Trinajstić information content (AvgIpc) is 3.17. The molecule has 0 unspecified atom stereocenters. The van der Waals surface area contributed by atoms with Gasteiger partial charge < -0.3 is 5.32 Å². The van der Waals surface area contributed by atoms with E-state index in [1.54, 1.807) is 18.2 Å². The molecule has 7 nitrogen and oxygen atoms in total. The molecular weight excluding hydrogens is 364 g/mol. The van der Waals surface area contributed by atoms with Gasteiger partial charge in [-0.1, -0.05) is 19.1 Å². The minimum absolute atomic E-state index is 0.116. The number of nitrogens with one attached hydrogen (secondary N) is 2. The Hall–Kier alpha value is -3.75. The Morgan fingerprint density at radius 2 is 1.82 bits per heavy atom. The highest BCUT2D eigenvalue weighted by Gasteiger charge is 2.19. The van der Waals surface area contributed by atoms with E-state index in [0.717, 1.165) is 18.3 Å². The summed E-state index contributed by atoms with van der Waals surface area (Å²) in [5.41, 5.74) is 1.52. The maximum absolute atomic E-state index is 14.4. The highest BCUT2D eigenvalue weighted by Crippen LogP contribution is 2.32. The molecule has 4 rings (SSSR count). The van der Waals surface area contributed by atoms with Crippen LogP contribution in [0.5, 0.6) is 0 Å². The van der Waals surface area contributed by atoms with Crippen LogP contribution >= 0.6 is 0 Å². The van der Waals surface area contributed by atoms with Crippen molar-refractivity contribution in [1.82, 2.24) is 30.4 Å². The first-order chi connectivity index (χ1) is 13.7. The summed E-state index contributed by atoms with van der Waals surface area (Å²) < 4.78 is 28.7. The Morgan fingerprint density at radius 1 is 1.00 bits per heavy atom. The van der Waals surface area contributed by atoms with E-state index in [1.165, 1.54) is 18.3 Å². The third-order valence-electron chi connectivity index (χ3n) is 4.09. The van der Waals surface area contributed by atoms with Gasteiger partial charge in [-0.3, -0.25) is 10.1 Å². The van der Waals surface area contributed by atoms with Crippen LogP contribution in [0.15, 0.2) is 48.8 Å². The number of pyridine rings is 1. The Labute approximate surface area is 158 Å². The molecule has 0 bridgehead atoms. The number of aryl methyl sites for hydroxylation is 1. The van der Waals surface area contributed by atoms with Crippen LogP contribution in [-0.2, 0) is 6.42 Å². The molecule has 0 aliphatic heterocycles. The lowest BCUT2D eigenvalue weighted by atomic mass is 10.0. The third kappa shape index (κ3) is 3.41. The summed E-state index contributed by atoms with van der Waals surface area (Å²) in [6.45, 7) is 1.99. The van der Waals surface area contributed by atoms with Crippen LogP contribution in [0.4, 0.5) is 20.5 Å². The lowest BCUT2D eigenvalue weighted by molar-refractivity contribution is 0.623. The fourth-order valence-electron chi connectivity index (χ4n) is 2.69. The molecule has 0 radical (unpaired) electrons. The van der Waals surface area contributed by atoms with Gasteiger partial charge in [0.1, 0.15) is 17.2 Å². The summed E-state index contributed by atoms with van der Waals surface area (Å²) in [5, 5.41) is 18.0. The Bertz CT molecular complexity index is 1130. The van der Waals surface area contributed by atoms with E-state index in [2.05, 4.69) is 35.7 Å². The van der Waals surface area contributed by atoms with Gasteiger partial charge in [0.15, 0.2) is 11.6 Å². The molecule has 1 aromatic carbocycles. The molecule has 0 spiro atoms. The predicted octanol–water partition coefficient (Wildman–Crippen LogP) is 3.91. The van der Waals surface area contributed by atoms with E-state index in [-0.39, 0.29) is 28.5 Å². The second kappa shape index (κ2) is 7.47. The second-order valence-electron chi connectivity index (χ2n) is 5.92. The fraction of sp³-hybridized carbons (Fsp3) is 0.105. The zero-order valence-electron chi connectivity index (χ0n) is 14.8. The van der Waals surface area contributed by atoms with Crippen molar-refractivity contribution < 1.29 is 8.78 Å². The number of aromatic amines is 1. The van der Waals surface area contributed by atoms with Crippen LogP contribution in [-0.4, -0.2) is 30.4 Å². The first-order valence-corrected chi connectivity index (χ1v) is 8.56. The van der Waals surface area contributed by atoms with E-state index in [0.29, 0.717) is 5.82 Å². The number of benzene rings is 1. The van der Waals surface area contributed by atoms with Crippen molar-refractivity contribution in [3.63, 3.8) is 0 Å². The minimum Gasteiger partial charge on any atom is -0.306 e. The van der Waals surface area contributed by atoms with Gasteiger partial charge in [-0.05, 0) is 24.6 Å². The summed E-state index contributed by atoms with van der Waals surface area (Å²) in [6.07, 6.45) is 3.27. The van der Waals surface area contributed by atoms with Crippen LogP contribution in [0.25, 0.3) is 22.5 Å². The van der Waals surface area contributed by atoms with Crippen molar-refractivity contribution in [2.24, 2.45) is 0 Å². The van der Waals surface area contributed by atoms with Crippen LogP contribution in [0.2, 0.25) is 0 Å². The standard InChI is InChI=1S/C19H15F2N7/c1-2-11-9-16(26-25-11)23-19-24-17(12-5-3-4-6-14(12)20)18(27-28-19)13-7-8-22-10-15(13)21/h3-10H,2H2,1H3,(H2,23,24,25,26,28). The van der Waals surface area contributed by atoms with E-state index >= 15 is 0 Å². The molecular formula is C19H15F2N7. The first kappa shape index (κ1) is 17.7.